The molecule has 7 rings (SSSR count). The van der Waals surface area contributed by atoms with E-state index in [9.17, 15) is 9.59 Å². The average molecular weight is 735 g/mol. The molecule has 0 bridgehead atoms. The summed E-state index contributed by atoms with van der Waals surface area (Å²) in [5, 5.41) is 0.444. The van der Waals surface area contributed by atoms with Crippen LogP contribution in [0, 0.1) is 0 Å². The number of hydrogen-bond donors (Lipinski definition) is 0. The SMILES string of the molecule is CCOC(=O)C1=C(C)N=c2sc(=Cc3cc(-c4ccccc4)n(-c4ccc(Br)cc4)c3-c3ccccc3)c(=O)n2[C@@H]1c1ccccc1Cl. The molecule has 0 saturated carbocycles. The van der Waals surface area contributed by atoms with Crippen LogP contribution in [0.4, 0.5) is 0 Å². The molecular weight excluding hydrogens is 706 g/mol. The third-order valence-corrected chi connectivity index (χ3v) is 10.1. The second-order valence-electron chi connectivity index (χ2n) is 11.2. The van der Waals surface area contributed by atoms with Gasteiger partial charge in [0.2, 0.25) is 0 Å². The number of hydrogen-bond acceptors (Lipinski definition) is 5. The van der Waals surface area contributed by atoms with Crippen molar-refractivity contribution in [3.63, 3.8) is 0 Å². The summed E-state index contributed by atoms with van der Waals surface area (Å²) in [4.78, 5) is 33.1. The Hall–Kier alpha value is -4.76. The number of ether oxygens (including phenoxy) is 1. The predicted octanol–water partition coefficient (Wildman–Crippen LogP) is 8.34. The third-order valence-electron chi connectivity index (χ3n) is 8.24. The summed E-state index contributed by atoms with van der Waals surface area (Å²) in [6, 6.07) is 37.1. The number of rotatable bonds is 7. The van der Waals surface area contributed by atoms with Gasteiger partial charge in [-0.25, -0.2) is 9.79 Å². The molecule has 2 aromatic heterocycles. The number of fused-ring (bicyclic) bond motifs is 1. The van der Waals surface area contributed by atoms with Crippen LogP contribution < -0.4 is 14.9 Å². The average Bonchev–Trinajstić information content (AvgIpc) is 3.62. The molecule has 6 aromatic rings. The fourth-order valence-electron chi connectivity index (χ4n) is 6.14. The molecule has 0 saturated heterocycles. The summed E-state index contributed by atoms with van der Waals surface area (Å²) in [5.74, 6) is -0.525. The van der Waals surface area contributed by atoms with Crippen LogP contribution in [-0.2, 0) is 9.53 Å². The highest BCUT2D eigenvalue weighted by Crippen LogP contribution is 2.37. The Morgan fingerprint density at radius 1 is 0.938 bits per heavy atom. The topological polar surface area (TPSA) is 65.6 Å². The van der Waals surface area contributed by atoms with Crippen molar-refractivity contribution in [1.82, 2.24) is 9.13 Å². The first-order valence-corrected chi connectivity index (χ1v) is 17.4. The summed E-state index contributed by atoms with van der Waals surface area (Å²) >= 11 is 11.6. The normalized spacial score (nSPS) is 14.5. The van der Waals surface area contributed by atoms with Crippen molar-refractivity contribution in [3.8, 4) is 28.2 Å². The summed E-state index contributed by atoms with van der Waals surface area (Å²) in [5.41, 5.74) is 6.93. The Kier molecular flexibility index (Phi) is 8.88. The molecular formula is C39H29BrClN3O3S. The van der Waals surface area contributed by atoms with E-state index >= 15 is 0 Å². The number of carbonyl (C=O) groups is 1. The van der Waals surface area contributed by atoms with Gasteiger partial charge in [0.05, 0.1) is 33.8 Å². The monoisotopic (exact) mass is 733 g/mol. The summed E-state index contributed by atoms with van der Waals surface area (Å²) in [7, 11) is 0. The molecule has 4 aromatic carbocycles. The highest BCUT2D eigenvalue weighted by Gasteiger charge is 2.34. The minimum absolute atomic E-state index is 0.191. The van der Waals surface area contributed by atoms with E-state index in [4.69, 9.17) is 21.3 Å². The van der Waals surface area contributed by atoms with Crippen molar-refractivity contribution in [2.24, 2.45) is 4.99 Å². The van der Waals surface area contributed by atoms with Gasteiger partial charge in [-0.2, -0.15) is 0 Å². The largest absolute Gasteiger partial charge is 0.463 e. The third kappa shape index (κ3) is 5.81. The lowest BCUT2D eigenvalue weighted by Gasteiger charge is -2.25. The number of esters is 1. The lowest BCUT2D eigenvalue weighted by atomic mass is 9.96. The van der Waals surface area contributed by atoms with Crippen LogP contribution in [0.2, 0.25) is 5.02 Å². The van der Waals surface area contributed by atoms with Gasteiger partial charge in [0, 0.05) is 20.7 Å². The fourth-order valence-corrected chi connectivity index (χ4v) is 7.68. The Bertz CT molecular complexity index is 2380. The van der Waals surface area contributed by atoms with Gasteiger partial charge in [0.1, 0.15) is 6.04 Å². The van der Waals surface area contributed by atoms with Crippen LogP contribution in [0.15, 0.2) is 141 Å². The number of nitrogens with zero attached hydrogens (tertiary/aromatic N) is 3. The van der Waals surface area contributed by atoms with Crippen molar-refractivity contribution in [2.45, 2.75) is 19.9 Å². The van der Waals surface area contributed by atoms with Crippen LogP contribution in [0.1, 0.15) is 31.0 Å². The molecule has 0 unspecified atom stereocenters. The van der Waals surface area contributed by atoms with Crippen LogP contribution in [0.5, 0.6) is 0 Å². The van der Waals surface area contributed by atoms with Crippen molar-refractivity contribution < 1.29 is 9.53 Å². The van der Waals surface area contributed by atoms with Gasteiger partial charge < -0.3 is 9.30 Å². The summed E-state index contributed by atoms with van der Waals surface area (Å²) in [6.45, 7) is 3.71. The van der Waals surface area contributed by atoms with E-state index in [-0.39, 0.29) is 12.2 Å². The van der Waals surface area contributed by atoms with E-state index in [2.05, 4.69) is 63.0 Å². The van der Waals surface area contributed by atoms with Crippen molar-refractivity contribution >= 4 is 50.9 Å². The van der Waals surface area contributed by atoms with Gasteiger partial charge in [-0.15, -0.1) is 0 Å². The number of thiazole rings is 1. The van der Waals surface area contributed by atoms with E-state index in [0.29, 0.717) is 31.2 Å². The zero-order valence-electron chi connectivity index (χ0n) is 26.1. The molecule has 0 fully saturated rings. The smallest absolute Gasteiger partial charge is 0.338 e. The first-order chi connectivity index (χ1) is 23.4. The van der Waals surface area contributed by atoms with Crippen molar-refractivity contribution in [2.75, 3.05) is 6.61 Å². The van der Waals surface area contributed by atoms with Crippen LogP contribution in [0.25, 0.3) is 34.3 Å². The fraction of sp³-hybridized carbons (Fsp3) is 0.103. The molecule has 1 atom stereocenters. The molecule has 0 aliphatic carbocycles. The number of halogens is 2. The van der Waals surface area contributed by atoms with Gasteiger partial charge >= 0.3 is 5.97 Å². The molecule has 1 aliphatic rings. The van der Waals surface area contributed by atoms with Gasteiger partial charge in [0.15, 0.2) is 4.80 Å². The molecule has 238 valence electrons. The number of aromatic nitrogens is 2. The number of allylic oxidation sites excluding steroid dienone is 1. The maximum absolute atomic E-state index is 14.5. The Balaban J connectivity index is 1.52. The van der Waals surface area contributed by atoms with Crippen LogP contribution >= 0.6 is 38.9 Å². The van der Waals surface area contributed by atoms with E-state index in [1.54, 1.807) is 24.5 Å². The van der Waals surface area contributed by atoms with Crippen molar-refractivity contribution in [1.29, 1.82) is 0 Å². The molecule has 0 N–H and O–H groups in total. The van der Waals surface area contributed by atoms with Gasteiger partial charge in [0.25, 0.3) is 5.56 Å². The van der Waals surface area contributed by atoms with Gasteiger partial charge in [-0.3, -0.25) is 9.36 Å². The predicted molar refractivity (Wildman–Crippen MR) is 196 cm³/mol. The summed E-state index contributed by atoms with van der Waals surface area (Å²) < 4.78 is 10.7. The van der Waals surface area contributed by atoms with Gasteiger partial charge in [-0.1, -0.05) is 118 Å². The first-order valence-electron chi connectivity index (χ1n) is 15.4. The molecule has 1 aliphatic heterocycles. The molecule has 9 heteroatoms. The number of benzene rings is 4. The second-order valence-corrected chi connectivity index (χ2v) is 13.5. The molecule has 48 heavy (non-hydrogen) atoms. The minimum Gasteiger partial charge on any atom is -0.463 e. The lowest BCUT2D eigenvalue weighted by Crippen LogP contribution is -2.40. The maximum atomic E-state index is 14.5. The molecule has 0 spiro atoms. The van der Waals surface area contributed by atoms with Crippen LogP contribution in [0.3, 0.4) is 0 Å². The van der Waals surface area contributed by atoms with E-state index in [0.717, 1.165) is 38.2 Å². The Labute approximate surface area is 294 Å². The quantitative estimate of drug-likeness (QED) is 0.155. The Morgan fingerprint density at radius 2 is 1.58 bits per heavy atom. The molecule has 6 nitrogen and oxygen atoms in total. The number of carbonyl (C=O) groups excluding carboxylic acids is 1. The molecule has 0 amide bonds. The Morgan fingerprint density at radius 3 is 2.25 bits per heavy atom. The molecule has 3 heterocycles. The summed E-state index contributed by atoms with van der Waals surface area (Å²) in [6.07, 6.45) is 1.93. The zero-order chi connectivity index (χ0) is 33.4. The zero-order valence-corrected chi connectivity index (χ0v) is 29.2. The van der Waals surface area contributed by atoms with E-state index < -0.39 is 12.0 Å². The second kappa shape index (κ2) is 13.4. The maximum Gasteiger partial charge on any atom is 0.338 e. The standard InChI is InChI=1S/C39H29BrClN3O3S/c1-3-47-38(46)34-24(2)42-39-44(36(34)30-16-10-11-17-31(30)41)37(45)33(48-39)23-27-22-32(25-12-6-4-7-13-25)43(29-20-18-28(40)19-21-29)35(27)26-14-8-5-9-15-26/h4-23,36H,3H2,1-2H3/t36-/m1/s1. The van der Waals surface area contributed by atoms with Crippen LogP contribution in [-0.4, -0.2) is 21.7 Å². The molecule has 0 radical (unpaired) electrons. The van der Waals surface area contributed by atoms with Gasteiger partial charge in [-0.05, 0) is 73.0 Å². The van der Waals surface area contributed by atoms with Crippen molar-refractivity contribution in [3.05, 3.63) is 167 Å². The lowest BCUT2D eigenvalue weighted by molar-refractivity contribution is -0.139. The highest BCUT2D eigenvalue weighted by molar-refractivity contribution is 9.10. The van der Waals surface area contributed by atoms with E-state index in [1.165, 1.54) is 11.3 Å². The van der Waals surface area contributed by atoms with E-state index in [1.807, 2.05) is 72.8 Å². The minimum atomic E-state index is -0.794. The highest BCUT2D eigenvalue weighted by atomic mass is 79.9. The first kappa shape index (κ1) is 31.8.